The van der Waals surface area contributed by atoms with Crippen molar-refractivity contribution in [3.05, 3.63) is 23.5 Å². The topological polar surface area (TPSA) is 78.3 Å². The lowest BCUT2D eigenvalue weighted by molar-refractivity contribution is -0.148. The van der Waals surface area contributed by atoms with E-state index in [2.05, 4.69) is 47.6 Å². The summed E-state index contributed by atoms with van der Waals surface area (Å²) in [5.74, 6) is 4.85. The van der Waals surface area contributed by atoms with Crippen molar-refractivity contribution in [3.8, 4) is 0 Å². The fourth-order valence-corrected chi connectivity index (χ4v) is 8.90. The smallest absolute Gasteiger partial charge is 0.306 e. The molecule has 0 bridgehead atoms. The van der Waals surface area contributed by atoms with Crippen LogP contribution in [0, 0.1) is 46.3 Å². The zero-order valence-corrected chi connectivity index (χ0v) is 25.9. The van der Waals surface area contributed by atoms with E-state index < -0.39 is 0 Å². The van der Waals surface area contributed by atoms with E-state index in [1.807, 2.05) is 6.92 Å². The van der Waals surface area contributed by atoms with Gasteiger partial charge in [-0.05, 0) is 105 Å². The van der Waals surface area contributed by atoms with Crippen LogP contribution in [0.15, 0.2) is 23.5 Å². The summed E-state index contributed by atoms with van der Waals surface area (Å²) in [7, 11) is 0. The molecule has 3 rings (SSSR count). The summed E-state index contributed by atoms with van der Waals surface area (Å²) in [6.07, 6.45) is 19.0. The molecule has 0 amide bonds. The van der Waals surface area contributed by atoms with Gasteiger partial charge in [0.2, 0.25) is 0 Å². The number of nitrogens with two attached hydrogens (primary N) is 2. The lowest BCUT2D eigenvalue weighted by Crippen LogP contribution is -2.49. The standard InChI is InChI=1S/C34H60N2O2/c1-8-33(6)27(21-25(5)38-32(37)17-14-28(36)22-35)12-15-29-30-16-13-26(34(30,7)19-18-31(29)33)20-24(4)11-9-10-23(2)3/h12,22-26,29-31H,8-11,13-21,35-36H2,1-7H3/b28-22-. The molecule has 3 aliphatic rings. The van der Waals surface area contributed by atoms with Gasteiger partial charge in [-0.2, -0.15) is 0 Å². The van der Waals surface area contributed by atoms with E-state index in [9.17, 15) is 4.79 Å². The van der Waals surface area contributed by atoms with Gasteiger partial charge in [0.05, 0.1) is 6.42 Å². The second kappa shape index (κ2) is 13.3. The highest BCUT2D eigenvalue weighted by atomic mass is 16.5. The van der Waals surface area contributed by atoms with Gasteiger partial charge in [0.25, 0.3) is 0 Å². The molecule has 0 aromatic rings. The highest BCUT2D eigenvalue weighted by Crippen LogP contribution is 2.66. The number of hydrogen-bond acceptors (Lipinski definition) is 4. The van der Waals surface area contributed by atoms with E-state index in [0.29, 0.717) is 17.5 Å². The van der Waals surface area contributed by atoms with Crippen molar-refractivity contribution in [1.82, 2.24) is 0 Å². The summed E-state index contributed by atoms with van der Waals surface area (Å²) in [5, 5.41) is 0. The fourth-order valence-electron chi connectivity index (χ4n) is 8.90. The summed E-state index contributed by atoms with van der Waals surface area (Å²) in [6.45, 7) is 16.8. The molecule has 0 heterocycles. The Labute approximate surface area is 234 Å². The largest absolute Gasteiger partial charge is 0.462 e. The Hall–Kier alpha value is -1.45. The number of fused-ring (bicyclic) bond motifs is 3. The van der Waals surface area contributed by atoms with E-state index in [-0.39, 0.29) is 23.9 Å². The second-order valence-corrected chi connectivity index (χ2v) is 14.3. The van der Waals surface area contributed by atoms with Crippen molar-refractivity contribution < 1.29 is 9.53 Å². The number of esters is 1. The van der Waals surface area contributed by atoms with Crippen molar-refractivity contribution in [2.24, 2.45) is 57.8 Å². The summed E-state index contributed by atoms with van der Waals surface area (Å²) in [6, 6.07) is 0. The Balaban J connectivity index is 1.64. The minimum Gasteiger partial charge on any atom is -0.462 e. The first-order valence-electron chi connectivity index (χ1n) is 16.0. The molecule has 0 aliphatic heterocycles. The van der Waals surface area contributed by atoms with Crippen LogP contribution in [-0.4, -0.2) is 12.1 Å². The number of rotatable bonds is 13. The van der Waals surface area contributed by atoms with Crippen LogP contribution in [-0.2, 0) is 9.53 Å². The van der Waals surface area contributed by atoms with Gasteiger partial charge in [-0.15, -0.1) is 0 Å². The van der Waals surface area contributed by atoms with Crippen LogP contribution in [0.4, 0.5) is 0 Å². The molecule has 38 heavy (non-hydrogen) atoms. The molecule has 0 radical (unpaired) electrons. The zero-order chi connectivity index (χ0) is 28.1. The average Bonchev–Trinajstić information content (AvgIpc) is 3.19. The maximum atomic E-state index is 12.4. The lowest BCUT2D eigenvalue weighted by Gasteiger charge is -2.57. The van der Waals surface area contributed by atoms with Gasteiger partial charge in [-0.1, -0.05) is 72.5 Å². The number of ether oxygens (including phenoxy) is 1. The Kier molecular flexibility index (Phi) is 10.9. The normalized spacial score (nSPS) is 34.8. The molecule has 0 saturated heterocycles. The molecule has 0 aromatic carbocycles. The quantitative estimate of drug-likeness (QED) is 0.185. The molecule has 8 atom stereocenters. The van der Waals surface area contributed by atoms with Crippen LogP contribution >= 0.6 is 0 Å². The molecule has 0 aromatic heterocycles. The van der Waals surface area contributed by atoms with Gasteiger partial charge in [0.15, 0.2) is 0 Å². The molecule has 0 spiro atoms. The highest BCUT2D eigenvalue weighted by Gasteiger charge is 2.57. The van der Waals surface area contributed by atoms with Crippen LogP contribution in [0.5, 0.6) is 0 Å². The Morgan fingerprint density at radius 1 is 1.11 bits per heavy atom. The summed E-state index contributed by atoms with van der Waals surface area (Å²) < 4.78 is 5.80. The zero-order valence-electron chi connectivity index (χ0n) is 25.9. The molecular formula is C34H60N2O2. The minimum atomic E-state index is -0.182. The van der Waals surface area contributed by atoms with Crippen molar-refractivity contribution in [1.29, 1.82) is 0 Å². The third-order valence-electron chi connectivity index (χ3n) is 11.4. The summed E-state index contributed by atoms with van der Waals surface area (Å²) in [5.41, 5.74) is 14.0. The molecule has 2 saturated carbocycles. The molecule has 4 N–H and O–H groups in total. The maximum Gasteiger partial charge on any atom is 0.306 e. The molecule has 4 heteroatoms. The Morgan fingerprint density at radius 2 is 1.84 bits per heavy atom. The predicted octanol–water partition coefficient (Wildman–Crippen LogP) is 8.50. The minimum absolute atomic E-state index is 0.110. The fraction of sp³-hybridized carbons (Fsp3) is 0.853. The summed E-state index contributed by atoms with van der Waals surface area (Å²) in [4.78, 5) is 12.4. The first kappa shape index (κ1) is 31.1. The van der Waals surface area contributed by atoms with E-state index in [1.165, 1.54) is 69.6 Å². The number of hydrogen-bond donors (Lipinski definition) is 2. The van der Waals surface area contributed by atoms with Crippen molar-refractivity contribution >= 4 is 5.97 Å². The van der Waals surface area contributed by atoms with Crippen LogP contribution in [0.2, 0.25) is 0 Å². The highest BCUT2D eigenvalue weighted by molar-refractivity contribution is 5.69. The van der Waals surface area contributed by atoms with Crippen LogP contribution in [0.25, 0.3) is 0 Å². The van der Waals surface area contributed by atoms with Gasteiger partial charge in [0.1, 0.15) is 6.10 Å². The third kappa shape index (κ3) is 7.00. The molecule has 8 unspecified atom stereocenters. The van der Waals surface area contributed by atoms with Crippen molar-refractivity contribution in [3.63, 3.8) is 0 Å². The van der Waals surface area contributed by atoms with E-state index >= 15 is 0 Å². The lowest BCUT2D eigenvalue weighted by atomic mass is 9.48. The second-order valence-electron chi connectivity index (χ2n) is 14.3. The van der Waals surface area contributed by atoms with Crippen LogP contribution < -0.4 is 11.5 Å². The molecule has 2 fully saturated rings. The van der Waals surface area contributed by atoms with E-state index in [1.54, 1.807) is 0 Å². The summed E-state index contributed by atoms with van der Waals surface area (Å²) >= 11 is 0. The first-order valence-corrected chi connectivity index (χ1v) is 16.0. The SMILES string of the molecule is CCC1(C)C(CC(C)OC(=O)CC/C(N)=C/N)=CCC2C1CCC1(C)C(CC(C)CCCC(C)C)CCC21. The first-order chi connectivity index (χ1) is 17.9. The van der Waals surface area contributed by atoms with E-state index in [4.69, 9.17) is 16.2 Å². The molecule has 218 valence electrons. The van der Waals surface area contributed by atoms with Gasteiger partial charge in [0, 0.05) is 18.3 Å². The maximum absolute atomic E-state index is 12.4. The molecule has 4 nitrogen and oxygen atoms in total. The Morgan fingerprint density at radius 3 is 2.50 bits per heavy atom. The van der Waals surface area contributed by atoms with Gasteiger partial charge < -0.3 is 16.2 Å². The number of allylic oxidation sites excluding steroid dienone is 2. The van der Waals surface area contributed by atoms with Crippen LogP contribution in [0.1, 0.15) is 132 Å². The van der Waals surface area contributed by atoms with Gasteiger partial charge in [-0.3, -0.25) is 4.79 Å². The van der Waals surface area contributed by atoms with Crippen molar-refractivity contribution in [2.75, 3.05) is 0 Å². The third-order valence-corrected chi connectivity index (χ3v) is 11.4. The number of carbonyl (C=O) groups excluding carboxylic acids is 1. The average molecular weight is 529 g/mol. The van der Waals surface area contributed by atoms with E-state index in [0.717, 1.165) is 48.3 Å². The van der Waals surface area contributed by atoms with Crippen LogP contribution in [0.3, 0.4) is 0 Å². The molecular weight excluding hydrogens is 468 g/mol. The van der Waals surface area contributed by atoms with Gasteiger partial charge >= 0.3 is 5.97 Å². The predicted molar refractivity (Wildman–Crippen MR) is 160 cm³/mol. The van der Waals surface area contributed by atoms with Crippen molar-refractivity contribution in [2.45, 2.75) is 138 Å². The monoisotopic (exact) mass is 528 g/mol. The van der Waals surface area contributed by atoms with Gasteiger partial charge in [-0.25, -0.2) is 0 Å². The number of carbonyl (C=O) groups is 1. The molecule has 3 aliphatic carbocycles. The Bertz CT molecular complexity index is 847.